The third-order valence-corrected chi connectivity index (χ3v) is 8.34. The molecule has 2 saturated heterocycles. The Bertz CT molecular complexity index is 812. The van der Waals surface area contributed by atoms with Crippen LogP contribution in [0, 0.1) is 3.57 Å². The van der Waals surface area contributed by atoms with Crippen LogP contribution >= 0.6 is 35.0 Å². The highest BCUT2D eigenvalue weighted by Crippen LogP contribution is 2.29. The van der Waals surface area contributed by atoms with E-state index in [9.17, 15) is 0 Å². The normalized spacial score (nSPS) is 19.5. The van der Waals surface area contributed by atoms with Gasteiger partial charge in [-0.2, -0.15) is 0 Å². The highest BCUT2D eigenvalue weighted by molar-refractivity contribution is 14.1. The fourth-order valence-electron chi connectivity index (χ4n) is 5.25. The number of hydrogen-bond acceptors (Lipinski definition) is 3. The summed E-state index contributed by atoms with van der Waals surface area (Å²) in [5, 5.41) is 0. The van der Waals surface area contributed by atoms with Gasteiger partial charge in [0.25, 0.3) is 0 Å². The molecule has 2 aliphatic rings. The van der Waals surface area contributed by atoms with Gasteiger partial charge in [0.05, 0.1) is 0 Å². The average Bonchev–Trinajstić information content (AvgIpc) is 2.83. The fourth-order valence-corrected chi connectivity index (χ4v) is 6.09. The summed E-state index contributed by atoms with van der Waals surface area (Å²) in [5.74, 6) is 0. The van der Waals surface area contributed by atoms with Crippen LogP contribution in [-0.4, -0.2) is 55.1 Å². The van der Waals surface area contributed by atoms with Gasteiger partial charge in [-0.15, -0.1) is 12.4 Å². The summed E-state index contributed by atoms with van der Waals surface area (Å²) in [7, 11) is 0. The summed E-state index contributed by atoms with van der Waals surface area (Å²) in [6.45, 7) is 11.8. The number of halogens is 2. The molecule has 176 valence electrons. The second-order valence-corrected chi connectivity index (χ2v) is 10.4. The molecular formula is C27H39ClIN3. The van der Waals surface area contributed by atoms with Gasteiger partial charge in [0.2, 0.25) is 0 Å². The van der Waals surface area contributed by atoms with E-state index in [1.54, 1.807) is 0 Å². The zero-order chi connectivity index (χ0) is 21.6. The lowest BCUT2D eigenvalue weighted by molar-refractivity contribution is 0.0838. The van der Waals surface area contributed by atoms with E-state index < -0.39 is 0 Å². The van der Waals surface area contributed by atoms with Crippen LogP contribution < -0.4 is 4.90 Å². The van der Waals surface area contributed by atoms with E-state index in [2.05, 4.69) is 99.7 Å². The molecule has 0 aromatic heterocycles. The van der Waals surface area contributed by atoms with Crippen molar-refractivity contribution in [2.75, 3.05) is 44.2 Å². The summed E-state index contributed by atoms with van der Waals surface area (Å²) < 4.78 is 1.39. The fraction of sp³-hybridized carbons (Fsp3) is 0.556. The first-order valence-electron chi connectivity index (χ1n) is 12.2. The van der Waals surface area contributed by atoms with Gasteiger partial charge >= 0.3 is 0 Å². The predicted molar refractivity (Wildman–Crippen MR) is 148 cm³/mol. The Morgan fingerprint density at radius 1 is 0.906 bits per heavy atom. The quantitative estimate of drug-likeness (QED) is 0.358. The minimum absolute atomic E-state index is 0. The highest BCUT2D eigenvalue weighted by Gasteiger charge is 2.29. The van der Waals surface area contributed by atoms with Crippen molar-refractivity contribution in [3.8, 4) is 0 Å². The van der Waals surface area contributed by atoms with Crippen molar-refractivity contribution < 1.29 is 0 Å². The molecule has 0 N–H and O–H groups in total. The number of aryl methyl sites for hydroxylation is 1. The first-order chi connectivity index (χ1) is 15.2. The standard InChI is InChI=1S/C27H38IN3.ClH/c1-3-4-7-23-10-12-24(13-11-23)30-18-20-31(21-19-30)25-14-16-29(17-15-25)22(2)26-8-5-6-9-27(26)28;/h5-6,8-13,22,25H,3-4,7,14-21H2,1-2H3;1H. The summed E-state index contributed by atoms with van der Waals surface area (Å²) >= 11 is 2.49. The maximum absolute atomic E-state index is 2.76. The number of unbranched alkanes of at least 4 members (excludes halogenated alkanes) is 1. The number of rotatable bonds is 7. The van der Waals surface area contributed by atoms with E-state index in [0.717, 1.165) is 19.1 Å². The molecule has 2 fully saturated rings. The molecule has 1 unspecified atom stereocenters. The van der Waals surface area contributed by atoms with Gasteiger partial charge in [0.15, 0.2) is 0 Å². The molecule has 0 amide bonds. The topological polar surface area (TPSA) is 9.72 Å². The van der Waals surface area contributed by atoms with E-state index in [0.29, 0.717) is 6.04 Å². The Morgan fingerprint density at radius 3 is 2.19 bits per heavy atom. The Labute approximate surface area is 215 Å². The van der Waals surface area contributed by atoms with Crippen molar-refractivity contribution in [2.24, 2.45) is 0 Å². The highest BCUT2D eigenvalue weighted by atomic mass is 127. The van der Waals surface area contributed by atoms with Gasteiger partial charge in [-0.25, -0.2) is 0 Å². The van der Waals surface area contributed by atoms with Gasteiger partial charge < -0.3 is 4.90 Å². The van der Waals surface area contributed by atoms with Crippen LogP contribution in [0.2, 0.25) is 0 Å². The second-order valence-electron chi connectivity index (χ2n) is 9.26. The Morgan fingerprint density at radius 2 is 1.56 bits per heavy atom. The number of piperazine rings is 1. The zero-order valence-corrected chi connectivity index (χ0v) is 22.7. The van der Waals surface area contributed by atoms with Crippen molar-refractivity contribution in [3.05, 3.63) is 63.2 Å². The molecular weight excluding hydrogens is 529 g/mol. The zero-order valence-electron chi connectivity index (χ0n) is 19.7. The molecule has 2 heterocycles. The lowest BCUT2D eigenvalue weighted by Crippen LogP contribution is -2.53. The van der Waals surface area contributed by atoms with Crippen LogP contribution in [0.4, 0.5) is 5.69 Å². The molecule has 5 heteroatoms. The van der Waals surface area contributed by atoms with Gasteiger partial charge in [0, 0.05) is 60.6 Å². The Kier molecular flexibility index (Phi) is 10.1. The molecule has 32 heavy (non-hydrogen) atoms. The van der Waals surface area contributed by atoms with E-state index >= 15 is 0 Å². The first-order valence-corrected chi connectivity index (χ1v) is 13.3. The predicted octanol–water partition coefficient (Wildman–Crippen LogP) is 6.40. The van der Waals surface area contributed by atoms with Crippen LogP contribution in [0.5, 0.6) is 0 Å². The van der Waals surface area contributed by atoms with E-state index in [4.69, 9.17) is 0 Å². The van der Waals surface area contributed by atoms with Crippen LogP contribution in [-0.2, 0) is 6.42 Å². The minimum Gasteiger partial charge on any atom is -0.369 e. The van der Waals surface area contributed by atoms with Crippen molar-refractivity contribution in [2.45, 2.75) is 58.0 Å². The summed E-state index contributed by atoms with van der Waals surface area (Å²) in [6, 6.07) is 19.5. The van der Waals surface area contributed by atoms with Crippen molar-refractivity contribution in [3.63, 3.8) is 0 Å². The monoisotopic (exact) mass is 567 g/mol. The molecule has 2 aromatic carbocycles. The smallest absolute Gasteiger partial charge is 0.0367 e. The van der Waals surface area contributed by atoms with Gasteiger partial charge in [0.1, 0.15) is 0 Å². The average molecular weight is 568 g/mol. The summed E-state index contributed by atoms with van der Waals surface area (Å²) in [5.41, 5.74) is 4.37. The Balaban J connectivity index is 0.00000289. The van der Waals surface area contributed by atoms with Gasteiger partial charge in [-0.1, -0.05) is 43.7 Å². The molecule has 0 saturated carbocycles. The number of nitrogens with zero attached hydrogens (tertiary/aromatic N) is 3. The van der Waals surface area contributed by atoms with Crippen LogP contribution in [0.15, 0.2) is 48.5 Å². The largest absolute Gasteiger partial charge is 0.369 e. The van der Waals surface area contributed by atoms with Crippen LogP contribution in [0.1, 0.15) is 56.7 Å². The number of benzene rings is 2. The number of anilines is 1. The Hall–Kier alpha value is -0.820. The van der Waals surface area contributed by atoms with Gasteiger partial charge in [-0.3, -0.25) is 9.80 Å². The molecule has 3 nitrogen and oxygen atoms in total. The molecule has 0 aliphatic carbocycles. The second kappa shape index (κ2) is 12.6. The molecule has 1 atom stereocenters. The lowest BCUT2D eigenvalue weighted by Gasteiger charge is -2.44. The van der Waals surface area contributed by atoms with Gasteiger partial charge in [-0.05, 0) is 84.5 Å². The molecule has 0 bridgehead atoms. The van der Waals surface area contributed by atoms with Crippen molar-refractivity contribution >= 4 is 40.7 Å². The maximum Gasteiger partial charge on any atom is 0.0367 e. The molecule has 0 radical (unpaired) electrons. The number of piperidine rings is 1. The van der Waals surface area contributed by atoms with Crippen LogP contribution in [0.25, 0.3) is 0 Å². The summed E-state index contributed by atoms with van der Waals surface area (Å²) in [4.78, 5) is 8.03. The minimum atomic E-state index is 0. The van der Waals surface area contributed by atoms with Crippen LogP contribution in [0.3, 0.4) is 0 Å². The first kappa shape index (κ1) is 25.8. The molecule has 2 aromatic rings. The van der Waals surface area contributed by atoms with E-state index in [1.807, 2.05) is 0 Å². The third kappa shape index (κ3) is 6.40. The third-order valence-electron chi connectivity index (χ3n) is 7.35. The van der Waals surface area contributed by atoms with Crippen molar-refractivity contribution in [1.82, 2.24) is 9.80 Å². The number of likely N-dealkylation sites (tertiary alicyclic amines) is 1. The van der Waals surface area contributed by atoms with E-state index in [-0.39, 0.29) is 12.4 Å². The maximum atomic E-state index is 2.76. The summed E-state index contributed by atoms with van der Waals surface area (Å²) in [6.07, 6.45) is 6.39. The molecule has 0 spiro atoms. The lowest BCUT2D eigenvalue weighted by atomic mass is 9.98. The van der Waals surface area contributed by atoms with E-state index in [1.165, 1.54) is 78.7 Å². The SMILES string of the molecule is CCCCc1ccc(N2CCN(C3CCN(C(C)c4ccccc4I)CC3)CC2)cc1.Cl. The number of hydrogen-bond donors (Lipinski definition) is 0. The van der Waals surface area contributed by atoms with Crippen molar-refractivity contribution in [1.29, 1.82) is 0 Å². The molecule has 2 aliphatic heterocycles. The molecule has 4 rings (SSSR count).